The van der Waals surface area contributed by atoms with Crippen molar-refractivity contribution in [2.24, 2.45) is 20.7 Å². The molecule has 0 spiro atoms. The van der Waals surface area contributed by atoms with Crippen LogP contribution in [0.3, 0.4) is 0 Å². The molecular weight excluding hydrogens is 430 g/mol. The number of aryl methyl sites for hydroxylation is 1. The van der Waals surface area contributed by atoms with E-state index in [0.29, 0.717) is 23.6 Å². The lowest BCUT2D eigenvalue weighted by Crippen LogP contribution is -2.36. The smallest absolute Gasteiger partial charge is 0.232 e. The van der Waals surface area contributed by atoms with Gasteiger partial charge in [0.05, 0.1) is 6.54 Å². The van der Waals surface area contributed by atoms with Crippen LogP contribution in [0.1, 0.15) is 48.3 Å². The molecule has 0 fully saturated rings. The number of nitrogens with one attached hydrogen (secondary N) is 1. The number of thiazole rings is 1. The number of nitrogens with two attached hydrogens (primary N) is 1. The van der Waals surface area contributed by atoms with E-state index >= 15 is 0 Å². The van der Waals surface area contributed by atoms with E-state index < -0.39 is 0 Å². The second-order valence-corrected chi connectivity index (χ2v) is 8.86. The van der Waals surface area contributed by atoms with E-state index in [2.05, 4.69) is 69.2 Å². The average molecular weight is 460 g/mol. The lowest BCUT2D eigenvalue weighted by molar-refractivity contribution is 0.885. The first-order valence-corrected chi connectivity index (χ1v) is 11.5. The van der Waals surface area contributed by atoms with Gasteiger partial charge in [0.25, 0.3) is 0 Å². The Morgan fingerprint density at radius 1 is 1.21 bits per heavy atom. The number of allylic oxidation sites excluding steroid dienone is 1. The van der Waals surface area contributed by atoms with Gasteiger partial charge in [-0.3, -0.25) is 10.3 Å². The Morgan fingerprint density at radius 3 is 2.70 bits per heavy atom. The minimum absolute atomic E-state index is 0.227. The van der Waals surface area contributed by atoms with Gasteiger partial charge in [0.1, 0.15) is 0 Å². The molecule has 3 aromatic rings. The zero-order valence-corrected chi connectivity index (χ0v) is 20.2. The molecule has 0 radical (unpaired) electrons. The molecule has 1 aromatic carbocycles. The highest BCUT2D eigenvalue weighted by atomic mass is 32.1. The molecule has 0 atom stereocenters. The standard InChI is InChI=1S/C25H29N7S/c1-17(2)22-16-29-25(33-22)32-24(31-23(26)28-15-21-10-12-27-13-11-21)30-19(4)8-9-20-7-5-6-18(3)14-20/h5-14,16-17H,15H2,1-4H3,(H3,26,28,29,31,32)/b9-8+,30-19?. The molecule has 33 heavy (non-hydrogen) atoms. The Balaban J connectivity index is 1.82. The van der Waals surface area contributed by atoms with Gasteiger partial charge in [-0.25, -0.2) is 15.0 Å². The number of benzene rings is 1. The second-order valence-electron chi connectivity index (χ2n) is 7.82. The first-order chi connectivity index (χ1) is 15.9. The molecule has 2 aromatic heterocycles. The van der Waals surface area contributed by atoms with Crippen LogP contribution < -0.4 is 11.1 Å². The van der Waals surface area contributed by atoms with Crippen LogP contribution in [0.2, 0.25) is 0 Å². The molecule has 7 nitrogen and oxygen atoms in total. The maximum absolute atomic E-state index is 6.13. The van der Waals surface area contributed by atoms with E-state index in [1.165, 1.54) is 16.9 Å². The number of guanidine groups is 2. The van der Waals surface area contributed by atoms with Crippen molar-refractivity contribution in [2.75, 3.05) is 0 Å². The summed E-state index contributed by atoms with van der Waals surface area (Å²) in [5.41, 5.74) is 10.2. The maximum atomic E-state index is 6.13. The molecule has 0 aliphatic heterocycles. The molecule has 0 aliphatic rings. The van der Waals surface area contributed by atoms with Crippen LogP contribution in [0.15, 0.2) is 76.0 Å². The Labute approximate surface area is 199 Å². The average Bonchev–Trinajstić information content (AvgIpc) is 3.26. The highest BCUT2D eigenvalue weighted by Crippen LogP contribution is 2.27. The number of rotatable bonds is 6. The third-order valence-corrected chi connectivity index (χ3v) is 5.74. The fourth-order valence-corrected chi connectivity index (χ4v) is 3.57. The Morgan fingerprint density at radius 2 is 2.00 bits per heavy atom. The van der Waals surface area contributed by atoms with Crippen molar-refractivity contribution >= 4 is 40.2 Å². The molecule has 0 aliphatic carbocycles. The molecule has 0 amide bonds. The zero-order valence-electron chi connectivity index (χ0n) is 19.4. The first-order valence-electron chi connectivity index (χ1n) is 10.7. The van der Waals surface area contributed by atoms with E-state index in [1.54, 1.807) is 12.4 Å². The van der Waals surface area contributed by atoms with Gasteiger partial charge < -0.3 is 5.73 Å². The zero-order chi connectivity index (χ0) is 23.6. The topological polar surface area (TPSA) is 101 Å². The molecule has 0 unspecified atom stereocenters. The molecule has 3 N–H and O–H groups in total. The summed E-state index contributed by atoms with van der Waals surface area (Å²) in [6.45, 7) is 8.67. The van der Waals surface area contributed by atoms with Crippen molar-refractivity contribution in [2.45, 2.75) is 40.2 Å². The van der Waals surface area contributed by atoms with Crippen molar-refractivity contribution in [3.63, 3.8) is 0 Å². The number of aromatic nitrogens is 2. The number of hydrogen-bond acceptors (Lipinski definition) is 5. The van der Waals surface area contributed by atoms with Gasteiger partial charge in [-0.15, -0.1) is 0 Å². The van der Waals surface area contributed by atoms with Crippen LogP contribution in [0, 0.1) is 6.92 Å². The molecule has 170 valence electrons. The third-order valence-electron chi connectivity index (χ3n) is 4.54. The number of pyridine rings is 1. The van der Waals surface area contributed by atoms with Crippen LogP contribution in [0.25, 0.3) is 6.08 Å². The van der Waals surface area contributed by atoms with Gasteiger partial charge in [0, 0.05) is 29.2 Å². The maximum Gasteiger partial charge on any atom is 0.232 e. The minimum atomic E-state index is 0.227. The first kappa shape index (κ1) is 24.0. The van der Waals surface area contributed by atoms with Gasteiger partial charge in [0.15, 0.2) is 5.96 Å². The highest BCUT2D eigenvalue weighted by molar-refractivity contribution is 7.15. The van der Waals surface area contributed by atoms with Crippen LogP contribution in [-0.4, -0.2) is 27.6 Å². The highest BCUT2D eigenvalue weighted by Gasteiger charge is 2.07. The van der Waals surface area contributed by atoms with Gasteiger partial charge in [-0.05, 0) is 49.1 Å². The molecule has 2 heterocycles. The second kappa shape index (κ2) is 11.8. The number of aliphatic imine (C=N–C) groups is 3. The molecule has 0 saturated carbocycles. The van der Waals surface area contributed by atoms with Crippen LogP contribution in [0.5, 0.6) is 0 Å². The third kappa shape index (κ3) is 8.08. The lowest BCUT2D eigenvalue weighted by atomic mass is 10.1. The van der Waals surface area contributed by atoms with Crippen molar-refractivity contribution in [1.29, 1.82) is 0 Å². The molecule has 0 bridgehead atoms. The van der Waals surface area contributed by atoms with Crippen molar-refractivity contribution in [3.05, 3.63) is 82.6 Å². The summed E-state index contributed by atoms with van der Waals surface area (Å²) in [5, 5.41) is 3.63. The summed E-state index contributed by atoms with van der Waals surface area (Å²) in [6, 6.07) is 12.1. The summed E-state index contributed by atoms with van der Waals surface area (Å²) in [7, 11) is 0. The van der Waals surface area contributed by atoms with Gasteiger partial charge in [0.2, 0.25) is 11.1 Å². The number of hydrogen-bond donors (Lipinski definition) is 2. The fraction of sp³-hybridized carbons (Fsp3) is 0.240. The predicted octanol–water partition coefficient (Wildman–Crippen LogP) is 5.24. The van der Waals surface area contributed by atoms with Crippen molar-refractivity contribution in [3.8, 4) is 0 Å². The summed E-state index contributed by atoms with van der Waals surface area (Å²) < 4.78 is 0. The summed E-state index contributed by atoms with van der Waals surface area (Å²) >= 11 is 1.53. The summed E-state index contributed by atoms with van der Waals surface area (Å²) in [4.78, 5) is 23.2. The number of nitrogens with zero attached hydrogens (tertiary/aromatic N) is 5. The van der Waals surface area contributed by atoms with E-state index in [9.17, 15) is 0 Å². The van der Waals surface area contributed by atoms with E-state index in [0.717, 1.165) is 21.7 Å². The quantitative estimate of drug-likeness (QED) is 0.389. The van der Waals surface area contributed by atoms with Crippen LogP contribution in [-0.2, 0) is 6.54 Å². The minimum Gasteiger partial charge on any atom is -0.370 e. The molecule has 3 rings (SSSR count). The predicted molar refractivity (Wildman–Crippen MR) is 139 cm³/mol. The SMILES string of the molecule is CC(/C=C/c1cccc(C)c1)=NC(=Nc1ncc(C(C)C)s1)NC(N)=NCc1ccncc1. The molecule has 0 saturated heterocycles. The summed E-state index contributed by atoms with van der Waals surface area (Å²) in [5.74, 6) is 0.949. The Kier molecular flexibility index (Phi) is 8.60. The Hall–Kier alpha value is -3.65. The summed E-state index contributed by atoms with van der Waals surface area (Å²) in [6.07, 6.45) is 9.26. The van der Waals surface area contributed by atoms with Crippen LogP contribution >= 0.6 is 11.3 Å². The molecule has 8 heteroatoms. The van der Waals surface area contributed by atoms with Gasteiger partial charge >= 0.3 is 0 Å². The van der Waals surface area contributed by atoms with E-state index in [4.69, 9.17) is 5.73 Å². The van der Waals surface area contributed by atoms with Gasteiger partial charge in [-0.2, -0.15) is 4.99 Å². The fourth-order valence-electron chi connectivity index (χ4n) is 2.78. The van der Waals surface area contributed by atoms with E-state index in [1.807, 2.05) is 43.5 Å². The van der Waals surface area contributed by atoms with Crippen molar-refractivity contribution in [1.82, 2.24) is 15.3 Å². The normalized spacial score (nSPS) is 13.2. The monoisotopic (exact) mass is 459 g/mol. The Bertz CT molecular complexity index is 1170. The van der Waals surface area contributed by atoms with Crippen molar-refractivity contribution < 1.29 is 0 Å². The molecular formula is C25H29N7S. The van der Waals surface area contributed by atoms with E-state index in [-0.39, 0.29) is 5.96 Å². The largest absolute Gasteiger partial charge is 0.370 e. The van der Waals surface area contributed by atoms with Crippen LogP contribution in [0.4, 0.5) is 5.13 Å². The van der Waals surface area contributed by atoms with Gasteiger partial charge in [-0.1, -0.05) is 61.1 Å². The lowest BCUT2D eigenvalue weighted by Gasteiger charge is -2.06.